The molecule has 0 aromatic heterocycles. The van der Waals surface area contributed by atoms with Gasteiger partial charge in [-0.15, -0.1) is 12.4 Å². The number of halogens is 1. The van der Waals surface area contributed by atoms with E-state index in [4.69, 9.17) is 0 Å². The van der Waals surface area contributed by atoms with E-state index in [1.165, 1.54) is 0 Å². The smallest absolute Gasteiger partial charge is 0.138 e. The number of hydrogen-bond acceptors (Lipinski definition) is 3. The van der Waals surface area contributed by atoms with Crippen molar-refractivity contribution in [1.82, 2.24) is 10.2 Å². The maximum atomic E-state index is 10.3. The molecule has 0 bridgehead atoms. The molecule has 4 heteroatoms. The van der Waals surface area contributed by atoms with Crippen LogP contribution in [-0.4, -0.2) is 43.9 Å². The van der Waals surface area contributed by atoms with Crippen molar-refractivity contribution in [3.8, 4) is 0 Å². The zero-order valence-electron chi connectivity index (χ0n) is 6.04. The standard InChI is InChI=1S/C6H12N2O.ClH/c1-8-3-2-7-4-6(8)5-9;/h5-7H,2-4H2,1H3;1H. The molecule has 1 atom stereocenters. The predicted molar refractivity (Wildman–Crippen MR) is 42.6 cm³/mol. The van der Waals surface area contributed by atoms with Gasteiger partial charge in [-0.2, -0.15) is 0 Å². The molecule has 1 saturated heterocycles. The molecule has 1 fully saturated rings. The van der Waals surface area contributed by atoms with Crippen LogP contribution in [0.1, 0.15) is 0 Å². The first-order valence-electron chi connectivity index (χ1n) is 3.21. The molecule has 0 amide bonds. The van der Waals surface area contributed by atoms with E-state index in [0.717, 1.165) is 25.9 Å². The summed E-state index contributed by atoms with van der Waals surface area (Å²) in [4.78, 5) is 12.3. The number of hydrogen-bond donors (Lipinski definition) is 1. The third kappa shape index (κ3) is 2.25. The fourth-order valence-electron chi connectivity index (χ4n) is 0.979. The van der Waals surface area contributed by atoms with Crippen LogP contribution in [0.5, 0.6) is 0 Å². The highest BCUT2D eigenvalue weighted by Gasteiger charge is 2.16. The Kier molecular flexibility index (Phi) is 4.60. The molecule has 1 heterocycles. The number of nitrogens with zero attached hydrogens (tertiary/aromatic N) is 1. The first kappa shape index (κ1) is 9.88. The highest BCUT2D eigenvalue weighted by molar-refractivity contribution is 5.85. The number of aldehydes is 1. The highest BCUT2D eigenvalue weighted by atomic mass is 35.5. The monoisotopic (exact) mass is 164 g/mol. The molecule has 0 radical (unpaired) electrons. The average molecular weight is 165 g/mol. The summed E-state index contributed by atoms with van der Waals surface area (Å²) in [6.45, 7) is 2.78. The van der Waals surface area contributed by atoms with Crippen LogP contribution in [0.15, 0.2) is 0 Å². The SMILES string of the molecule is CN1CCNCC1C=O.Cl. The summed E-state index contributed by atoms with van der Waals surface area (Å²) >= 11 is 0. The van der Waals surface area contributed by atoms with E-state index in [1.807, 2.05) is 7.05 Å². The summed E-state index contributed by atoms with van der Waals surface area (Å²) in [6.07, 6.45) is 0.992. The zero-order valence-corrected chi connectivity index (χ0v) is 6.86. The van der Waals surface area contributed by atoms with E-state index < -0.39 is 0 Å². The Labute approximate surface area is 67.2 Å². The second-order valence-corrected chi connectivity index (χ2v) is 2.39. The third-order valence-corrected chi connectivity index (χ3v) is 1.72. The molecular weight excluding hydrogens is 152 g/mol. The first-order chi connectivity index (χ1) is 4.34. The maximum absolute atomic E-state index is 10.3. The number of carbonyl (C=O) groups is 1. The molecule has 3 nitrogen and oxygen atoms in total. The van der Waals surface area contributed by atoms with Crippen LogP contribution in [0.4, 0.5) is 0 Å². The molecule has 0 aromatic rings. The van der Waals surface area contributed by atoms with Gasteiger partial charge in [0.05, 0.1) is 6.04 Å². The van der Waals surface area contributed by atoms with Crippen LogP contribution < -0.4 is 5.32 Å². The summed E-state index contributed by atoms with van der Waals surface area (Å²) in [5.74, 6) is 0. The van der Waals surface area contributed by atoms with E-state index in [-0.39, 0.29) is 18.4 Å². The normalized spacial score (nSPS) is 27.1. The van der Waals surface area contributed by atoms with Crippen molar-refractivity contribution < 1.29 is 4.79 Å². The van der Waals surface area contributed by atoms with Gasteiger partial charge in [-0.25, -0.2) is 0 Å². The quantitative estimate of drug-likeness (QED) is 0.531. The minimum atomic E-state index is 0. The van der Waals surface area contributed by atoms with Crippen molar-refractivity contribution in [2.24, 2.45) is 0 Å². The Morgan fingerprint density at radius 3 is 2.80 bits per heavy atom. The van der Waals surface area contributed by atoms with Gasteiger partial charge in [0.15, 0.2) is 0 Å². The van der Waals surface area contributed by atoms with E-state index in [9.17, 15) is 4.79 Å². The van der Waals surface area contributed by atoms with Crippen LogP contribution in [0.2, 0.25) is 0 Å². The first-order valence-corrected chi connectivity index (χ1v) is 3.21. The largest absolute Gasteiger partial charge is 0.313 e. The molecule has 1 rings (SSSR count). The second-order valence-electron chi connectivity index (χ2n) is 2.39. The van der Waals surface area contributed by atoms with Crippen molar-refractivity contribution in [3.63, 3.8) is 0 Å². The molecule has 0 saturated carbocycles. The van der Waals surface area contributed by atoms with Crippen LogP contribution in [0, 0.1) is 0 Å². The zero-order chi connectivity index (χ0) is 6.69. The minimum absolute atomic E-state index is 0. The Bertz CT molecular complexity index is 110. The minimum Gasteiger partial charge on any atom is -0.313 e. The number of nitrogens with one attached hydrogen (secondary N) is 1. The van der Waals surface area contributed by atoms with E-state index in [2.05, 4.69) is 10.2 Å². The molecule has 10 heavy (non-hydrogen) atoms. The molecule has 0 aromatic carbocycles. The van der Waals surface area contributed by atoms with Crippen molar-refractivity contribution >= 4 is 18.7 Å². The molecule has 1 aliphatic heterocycles. The lowest BCUT2D eigenvalue weighted by Crippen LogP contribution is -2.49. The molecule has 60 valence electrons. The molecule has 1 aliphatic rings. The lowest BCUT2D eigenvalue weighted by atomic mass is 10.2. The summed E-state index contributed by atoms with van der Waals surface area (Å²) in [6, 6.07) is 0.0961. The summed E-state index contributed by atoms with van der Waals surface area (Å²) in [5.41, 5.74) is 0. The number of likely N-dealkylation sites (N-methyl/N-ethyl adjacent to an activating group) is 1. The summed E-state index contributed by atoms with van der Waals surface area (Å²) < 4.78 is 0. The van der Waals surface area contributed by atoms with E-state index in [1.54, 1.807) is 0 Å². The Hall–Kier alpha value is -0.120. The topological polar surface area (TPSA) is 32.3 Å². The molecular formula is C6H13ClN2O. The lowest BCUT2D eigenvalue weighted by Gasteiger charge is -2.28. The van der Waals surface area contributed by atoms with Gasteiger partial charge in [-0.3, -0.25) is 4.90 Å². The van der Waals surface area contributed by atoms with Gasteiger partial charge >= 0.3 is 0 Å². The molecule has 1 N–H and O–H groups in total. The van der Waals surface area contributed by atoms with Crippen molar-refractivity contribution in [1.29, 1.82) is 0 Å². The molecule has 0 spiro atoms. The second kappa shape index (κ2) is 4.66. The van der Waals surface area contributed by atoms with Crippen LogP contribution in [0.3, 0.4) is 0 Å². The van der Waals surface area contributed by atoms with Gasteiger partial charge in [0.25, 0.3) is 0 Å². The van der Waals surface area contributed by atoms with Gasteiger partial charge in [-0.1, -0.05) is 0 Å². The van der Waals surface area contributed by atoms with Crippen molar-refractivity contribution in [2.45, 2.75) is 6.04 Å². The number of carbonyl (C=O) groups excluding carboxylic acids is 1. The van der Waals surface area contributed by atoms with Gasteiger partial charge in [0, 0.05) is 19.6 Å². The van der Waals surface area contributed by atoms with Gasteiger partial charge in [0.2, 0.25) is 0 Å². The maximum Gasteiger partial charge on any atom is 0.138 e. The van der Waals surface area contributed by atoms with Gasteiger partial charge in [-0.05, 0) is 7.05 Å². The molecule has 0 aliphatic carbocycles. The van der Waals surface area contributed by atoms with E-state index in [0.29, 0.717) is 0 Å². The van der Waals surface area contributed by atoms with Crippen LogP contribution in [-0.2, 0) is 4.79 Å². The summed E-state index contributed by atoms with van der Waals surface area (Å²) in [7, 11) is 1.97. The van der Waals surface area contributed by atoms with Gasteiger partial charge in [0.1, 0.15) is 6.29 Å². The van der Waals surface area contributed by atoms with Gasteiger partial charge < -0.3 is 10.1 Å². The Balaban J connectivity index is 0.000000810. The van der Waals surface area contributed by atoms with Crippen molar-refractivity contribution in [2.75, 3.05) is 26.7 Å². The molecule has 1 unspecified atom stereocenters. The summed E-state index contributed by atoms with van der Waals surface area (Å²) in [5, 5.41) is 3.14. The van der Waals surface area contributed by atoms with Crippen molar-refractivity contribution in [3.05, 3.63) is 0 Å². The fourth-order valence-corrected chi connectivity index (χ4v) is 0.979. The fraction of sp³-hybridized carbons (Fsp3) is 0.833. The number of rotatable bonds is 1. The van der Waals surface area contributed by atoms with Crippen LogP contribution >= 0.6 is 12.4 Å². The Morgan fingerprint density at radius 2 is 2.40 bits per heavy atom. The third-order valence-electron chi connectivity index (χ3n) is 1.72. The average Bonchev–Trinajstić information content (AvgIpc) is 1.89. The lowest BCUT2D eigenvalue weighted by molar-refractivity contribution is -0.112. The highest BCUT2D eigenvalue weighted by Crippen LogP contribution is 1.94. The van der Waals surface area contributed by atoms with Crippen LogP contribution in [0.25, 0.3) is 0 Å². The Morgan fingerprint density at radius 1 is 1.70 bits per heavy atom. The number of piperazine rings is 1. The van der Waals surface area contributed by atoms with E-state index >= 15 is 0 Å². The predicted octanol–water partition coefficient (Wildman–Crippen LogP) is -0.489.